The zero-order valence-electron chi connectivity index (χ0n) is 15.0. The topological polar surface area (TPSA) is 65.4 Å². The Bertz CT molecular complexity index is 868. The van der Waals surface area contributed by atoms with Crippen molar-refractivity contribution in [1.82, 2.24) is 14.9 Å². The first-order valence-electron chi connectivity index (χ1n) is 8.51. The van der Waals surface area contributed by atoms with E-state index in [1.807, 2.05) is 65.4 Å². The maximum absolute atomic E-state index is 12.1. The summed E-state index contributed by atoms with van der Waals surface area (Å²) in [6.45, 7) is 0.886. The van der Waals surface area contributed by atoms with E-state index in [9.17, 15) is 4.79 Å². The van der Waals surface area contributed by atoms with Gasteiger partial charge in [0, 0.05) is 18.5 Å². The number of amides is 1. The molecule has 6 nitrogen and oxygen atoms in total. The van der Waals surface area contributed by atoms with Crippen LogP contribution in [0, 0.1) is 0 Å². The number of rotatable bonds is 9. The maximum atomic E-state index is 12.1. The molecular formula is C20H21N3O3S. The molecule has 0 fully saturated rings. The van der Waals surface area contributed by atoms with E-state index < -0.39 is 0 Å². The van der Waals surface area contributed by atoms with Crippen molar-refractivity contribution in [3.63, 3.8) is 0 Å². The second kappa shape index (κ2) is 9.68. The predicted molar refractivity (Wildman–Crippen MR) is 106 cm³/mol. The molecule has 1 amide bonds. The van der Waals surface area contributed by atoms with E-state index in [0.29, 0.717) is 13.2 Å². The number of methoxy groups -OCH3 is 1. The van der Waals surface area contributed by atoms with E-state index in [2.05, 4.69) is 10.3 Å². The van der Waals surface area contributed by atoms with Gasteiger partial charge in [-0.05, 0) is 24.3 Å². The van der Waals surface area contributed by atoms with Crippen molar-refractivity contribution in [2.24, 2.45) is 0 Å². The molecule has 0 bridgehead atoms. The lowest BCUT2D eigenvalue weighted by Gasteiger charge is -2.10. The smallest absolute Gasteiger partial charge is 0.230 e. The van der Waals surface area contributed by atoms with Crippen molar-refractivity contribution < 1.29 is 14.3 Å². The van der Waals surface area contributed by atoms with E-state index in [0.717, 1.165) is 22.3 Å². The number of hydrogen-bond acceptors (Lipinski definition) is 5. The number of carbonyl (C=O) groups excluding carboxylic acids is 1. The van der Waals surface area contributed by atoms with Crippen molar-refractivity contribution in [1.29, 1.82) is 0 Å². The van der Waals surface area contributed by atoms with Gasteiger partial charge in [0.05, 0.1) is 25.1 Å². The summed E-state index contributed by atoms with van der Waals surface area (Å²) in [5, 5.41) is 3.60. The minimum Gasteiger partial charge on any atom is -0.497 e. The van der Waals surface area contributed by atoms with Crippen LogP contribution >= 0.6 is 11.8 Å². The van der Waals surface area contributed by atoms with Gasteiger partial charge in [0.15, 0.2) is 5.16 Å². The highest BCUT2D eigenvalue weighted by Crippen LogP contribution is 2.23. The molecule has 0 saturated carbocycles. The number of aromatic nitrogens is 2. The number of benzene rings is 2. The lowest BCUT2D eigenvalue weighted by molar-refractivity contribution is -0.118. The van der Waals surface area contributed by atoms with E-state index in [1.165, 1.54) is 11.8 Å². The van der Waals surface area contributed by atoms with Crippen LogP contribution in [0.4, 0.5) is 0 Å². The fourth-order valence-electron chi connectivity index (χ4n) is 2.41. The fourth-order valence-corrected chi connectivity index (χ4v) is 3.21. The Morgan fingerprint density at radius 3 is 2.78 bits per heavy atom. The summed E-state index contributed by atoms with van der Waals surface area (Å²) in [4.78, 5) is 16.4. The molecule has 0 radical (unpaired) electrons. The Labute approximate surface area is 162 Å². The zero-order valence-corrected chi connectivity index (χ0v) is 15.8. The lowest BCUT2D eigenvalue weighted by Crippen LogP contribution is -2.29. The Hall–Kier alpha value is -2.93. The molecule has 27 heavy (non-hydrogen) atoms. The summed E-state index contributed by atoms with van der Waals surface area (Å²) < 4.78 is 12.7. The number of hydrogen-bond donors (Lipinski definition) is 1. The number of carbonyl (C=O) groups is 1. The number of para-hydroxylation sites is 1. The molecule has 0 aliphatic rings. The van der Waals surface area contributed by atoms with E-state index in [4.69, 9.17) is 9.47 Å². The molecule has 0 spiro atoms. The van der Waals surface area contributed by atoms with Crippen LogP contribution in [0.15, 0.2) is 72.1 Å². The Kier molecular flexibility index (Phi) is 6.76. The zero-order chi connectivity index (χ0) is 18.9. The van der Waals surface area contributed by atoms with Gasteiger partial charge in [-0.2, -0.15) is 0 Å². The summed E-state index contributed by atoms with van der Waals surface area (Å²) in [5.74, 6) is 1.79. The van der Waals surface area contributed by atoms with Crippen molar-refractivity contribution in [3.05, 3.63) is 67.0 Å². The molecule has 140 valence electrons. The van der Waals surface area contributed by atoms with Crippen LogP contribution in [0.1, 0.15) is 0 Å². The van der Waals surface area contributed by atoms with Gasteiger partial charge >= 0.3 is 0 Å². The van der Waals surface area contributed by atoms with Crippen LogP contribution in [0.25, 0.3) is 5.69 Å². The third-order valence-electron chi connectivity index (χ3n) is 3.71. The van der Waals surface area contributed by atoms with Crippen LogP contribution in [0.2, 0.25) is 0 Å². The fraction of sp³-hybridized carbons (Fsp3) is 0.200. The highest BCUT2D eigenvalue weighted by atomic mass is 32.2. The van der Waals surface area contributed by atoms with Gasteiger partial charge in [0.2, 0.25) is 5.91 Å². The standard InChI is InChI=1S/C20H21N3O3S/c1-25-18-9-5-6-16(14-18)23-12-10-22-20(23)27-15-19(24)21-11-13-26-17-7-3-2-4-8-17/h2-10,12,14H,11,13,15H2,1H3,(H,21,24). The summed E-state index contributed by atoms with van der Waals surface area (Å²) in [7, 11) is 1.63. The third-order valence-corrected chi connectivity index (χ3v) is 4.67. The number of nitrogens with one attached hydrogen (secondary N) is 1. The van der Waals surface area contributed by atoms with Crippen LogP contribution < -0.4 is 14.8 Å². The van der Waals surface area contributed by atoms with Crippen molar-refractivity contribution >= 4 is 17.7 Å². The summed E-state index contributed by atoms with van der Waals surface area (Å²) in [6.07, 6.45) is 3.58. The number of nitrogens with zero attached hydrogens (tertiary/aromatic N) is 2. The van der Waals surface area contributed by atoms with E-state index in [-0.39, 0.29) is 11.7 Å². The molecule has 0 saturated heterocycles. The van der Waals surface area contributed by atoms with E-state index >= 15 is 0 Å². The normalized spacial score (nSPS) is 10.4. The average molecular weight is 383 g/mol. The van der Waals surface area contributed by atoms with Gasteiger partial charge in [-0.3, -0.25) is 9.36 Å². The maximum Gasteiger partial charge on any atom is 0.230 e. The van der Waals surface area contributed by atoms with Crippen molar-refractivity contribution in [2.75, 3.05) is 26.0 Å². The average Bonchev–Trinajstić information content (AvgIpc) is 3.19. The molecule has 3 rings (SSSR count). The van der Waals surface area contributed by atoms with Crippen molar-refractivity contribution in [3.8, 4) is 17.2 Å². The quantitative estimate of drug-likeness (QED) is 0.454. The van der Waals surface area contributed by atoms with E-state index in [1.54, 1.807) is 13.3 Å². The summed E-state index contributed by atoms with van der Waals surface area (Å²) in [6, 6.07) is 17.2. The monoisotopic (exact) mass is 383 g/mol. The Morgan fingerprint density at radius 2 is 1.96 bits per heavy atom. The molecule has 1 N–H and O–H groups in total. The van der Waals surface area contributed by atoms with Gasteiger partial charge in [0.1, 0.15) is 18.1 Å². The largest absolute Gasteiger partial charge is 0.497 e. The molecular weight excluding hydrogens is 362 g/mol. The van der Waals surface area contributed by atoms with Gasteiger partial charge in [-0.1, -0.05) is 36.0 Å². The number of ether oxygens (including phenoxy) is 2. The Balaban J connectivity index is 1.46. The predicted octanol–water partition coefficient (Wildman–Crippen LogP) is 3.17. The number of imidazole rings is 1. The minimum atomic E-state index is -0.0585. The first-order valence-corrected chi connectivity index (χ1v) is 9.50. The Morgan fingerprint density at radius 1 is 1.15 bits per heavy atom. The van der Waals surface area contributed by atoms with Crippen LogP contribution in [-0.4, -0.2) is 41.5 Å². The highest BCUT2D eigenvalue weighted by Gasteiger charge is 2.09. The molecule has 0 atom stereocenters. The molecule has 1 aromatic heterocycles. The SMILES string of the molecule is COc1cccc(-n2ccnc2SCC(=O)NCCOc2ccccc2)c1. The van der Waals surface area contributed by atoms with Crippen LogP contribution in [-0.2, 0) is 4.79 Å². The first kappa shape index (κ1) is 18.8. The second-order valence-corrected chi connectivity index (χ2v) is 6.52. The van der Waals surface area contributed by atoms with Gasteiger partial charge in [-0.15, -0.1) is 0 Å². The summed E-state index contributed by atoms with van der Waals surface area (Å²) >= 11 is 1.38. The molecule has 7 heteroatoms. The minimum absolute atomic E-state index is 0.0585. The summed E-state index contributed by atoms with van der Waals surface area (Å²) in [5.41, 5.74) is 0.936. The molecule has 2 aromatic carbocycles. The second-order valence-electron chi connectivity index (χ2n) is 5.58. The lowest BCUT2D eigenvalue weighted by atomic mass is 10.3. The van der Waals surface area contributed by atoms with Crippen LogP contribution in [0.3, 0.4) is 0 Å². The number of thioether (sulfide) groups is 1. The molecule has 0 unspecified atom stereocenters. The first-order chi connectivity index (χ1) is 13.3. The molecule has 0 aliphatic heterocycles. The van der Waals surface area contributed by atoms with Crippen LogP contribution in [0.5, 0.6) is 11.5 Å². The molecule has 1 heterocycles. The molecule has 3 aromatic rings. The molecule has 0 aliphatic carbocycles. The third kappa shape index (κ3) is 5.52. The van der Waals surface area contributed by atoms with Gasteiger partial charge in [-0.25, -0.2) is 4.98 Å². The van der Waals surface area contributed by atoms with Crippen molar-refractivity contribution in [2.45, 2.75) is 5.16 Å². The highest BCUT2D eigenvalue weighted by molar-refractivity contribution is 7.99. The van der Waals surface area contributed by atoms with Gasteiger partial charge in [0.25, 0.3) is 0 Å². The van der Waals surface area contributed by atoms with Gasteiger partial charge < -0.3 is 14.8 Å².